The van der Waals surface area contributed by atoms with Crippen LogP contribution in [0.3, 0.4) is 0 Å². The predicted molar refractivity (Wildman–Crippen MR) is 78.3 cm³/mol. The van der Waals surface area contributed by atoms with E-state index in [0.29, 0.717) is 6.04 Å². The summed E-state index contributed by atoms with van der Waals surface area (Å²) in [5.41, 5.74) is 1.01. The van der Waals surface area contributed by atoms with E-state index in [9.17, 15) is 0 Å². The minimum Gasteiger partial charge on any atom is -0.432 e. The molecule has 1 aromatic heterocycles. The van der Waals surface area contributed by atoms with Crippen molar-refractivity contribution in [2.24, 2.45) is 5.92 Å². The van der Waals surface area contributed by atoms with Crippen molar-refractivity contribution in [3.05, 3.63) is 12.0 Å². The first-order valence-corrected chi connectivity index (χ1v) is 7.62. The Bertz CT molecular complexity index is 371. The van der Waals surface area contributed by atoms with Gasteiger partial charge < -0.3 is 14.6 Å². The lowest BCUT2D eigenvalue weighted by Crippen LogP contribution is -2.28. The molecule has 4 heteroatoms. The molecular formula is C15H27N3O. The summed E-state index contributed by atoms with van der Waals surface area (Å²) in [4.78, 5) is 6.97. The molecule has 1 N–H and O–H groups in total. The Balaban J connectivity index is 1.89. The first-order chi connectivity index (χ1) is 9.20. The van der Waals surface area contributed by atoms with Gasteiger partial charge in [0.05, 0.1) is 5.69 Å². The van der Waals surface area contributed by atoms with E-state index in [4.69, 9.17) is 4.42 Å². The van der Waals surface area contributed by atoms with E-state index in [0.717, 1.165) is 43.7 Å². The van der Waals surface area contributed by atoms with Crippen molar-refractivity contribution in [1.29, 1.82) is 0 Å². The number of hydrogen-bond acceptors (Lipinski definition) is 4. The van der Waals surface area contributed by atoms with Gasteiger partial charge in [0.15, 0.2) is 0 Å². The summed E-state index contributed by atoms with van der Waals surface area (Å²) < 4.78 is 5.67. The van der Waals surface area contributed by atoms with Crippen LogP contribution in [-0.4, -0.2) is 24.1 Å². The minimum absolute atomic E-state index is 0.661. The van der Waals surface area contributed by atoms with Crippen molar-refractivity contribution < 1.29 is 4.42 Å². The second-order valence-corrected chi connectivity index (χ2v) is 5.91. The number of rotatable bonds is 9. The van der Waals surface area contributed by atoms with Crippen molar-refractivity contribution in [1.82, 2.24) is 10.3 Å². The summed E-state index contributed by atoms with van der Waals surface area (Å²) >= 11 is 0. The number of nitrogens with one attached hydrogen (secondary N) is 1. The van der Waals surface area contributed by atoms with E-state index in [1.807, 2.05) is 0 Å². The first-order valence-electron chi connectivity index (χ1n) is 7.62. The molecule has 108 valence electrons. The molecule has 1 fully saturated rings. The fraction of sp³-hybridized carbons (Fsp3) is 0.800. The van der Waals surface area contributed by atoms with Gasteiger partial charge in [0.25, 0.3) is 6.01 Å². The number of anilines is 1. The molecule has 1 aliphatic carbocycles. The van der Waals surface area contributed by atoms with Gasteiger partial charge >= 0.3 is 0 Å². The van der Waals surface area contributed by atoms with Gasteiger partial charge in [-0.1, -0.05) is 20.8 Å². The van der Waals surface area contributed by atoms with Gasteiger partial charge in [-0.15, -0.1) is 0 Å². The fourth-order valence-corrected chi connectivity index (χ4v) is 2.12. The molecule has 0 atom stereocenters. The van der Waals surface area contributed by atoms with Crippen LogP contribution in [0.1, 0.15) is 52.1 Å². The van der Waals surface area contributed by atoms with Crippen molar-refractivity contribution in [2.45, 2.75) is 59.0 Å². The van der Waals surface area contributed by atoms with E-state index in [-0.39, 0.29) is 0 Å². The van der Waals surface area contributed by atoms with E-state index in [2.05, 4.69) is 36.0 Å². The normalized spacial score (nSPS) is 15.2. The van der Waals surface area contributed by atoms with E-state index in [1.165, 1.54) is 19.3 Å². The van der Waals surface area contributed by atoms with Gasteiger partial charge in [-0.25, -0.2) is 0 Å². The zero-order valence-electron chi connectivity index (χ0n) is 12.5. The van der Waals surface area contributed by atoms with Crippen LogP contribution in [0, 0.1) is 5.92 Å². The molecule has 0 amide bonds. The molecule has 0 unspecified atom stereocenters. The number of aromatic nitrogens is 1. The largest absolute Gasteiger partial charge is 0.432 e. The van der Waals surface area contributed by atoms with Gasteiger partial charge in [-0.2, -0.15) is 4.98 Å². The standard InChI is InChI=1S/C15H27N3O/c1-4-8-16-10-13-11-19-15(17-13)18(14-5-6-14)9-7-12(2)3/h11-12,14,16H,4-10H2,1-3H3. The second-order valence-electron chi connectivity index (χ2n) is 5.91. The van der Waals surface area contributed by atoms with Gasteiger partial charge in [0.1, 0.15) is 6.26 Å². The average Bonchev–Trinajstić information content (AvgIpc) is 3.10. The molecule has 1 saturated carbocycles. The third-order valence-corrected chi connectivity index (χ3v) is 3.45. The topological polar surface area (TPSA) is 41.3 Å². The zero-order valence-corrected chi connectivity index (χ0v) is 12.5. The van der Waals surface area contributed by atoms with Crippen LogP contribution in [0.25, 0.3) is 0 Å². The van der Waals surface area contributed by atoms with Crippen LogP contribution in [0.4, 0.5) is 6.01 Å². The molecule has 1 aromatic rings. The Morgan fingerprint density at radius 1 is 1.47 bits per heavy atom. The minimum atomic E-state index is 0.661. The predicted octanol–water partition coefficient (Wildman–Crippen LogP) is 3.19. The second kappa shape index (κ2) is 6.94. The number of nitrogens with zero attached hydrogens (tertiary/aromatic N) is 2. The molecule has 19 heavy (non-hydrogen) atoms. The third kappa shape index (κ3) is 4.53. The van der Waals surface area contributed by atoms with Crippen molar-refractivity contribution in [3.63, 3.8) is 0 Å². The van der Waals surface area contributed by atoms with Crippen LogP contribution in [0.2, 0.25) is 0 Å². The molecule has 0 radical (unpaired) electrons. The van der Waals surface area contributed by atoms with Gasteiger partial charge in [-0.05, 0) is 38.1 Å². The monoisotopic (exact) mass is 265 g/mol. The Hall–Kier alpha value is -1.03. The maximum absolute atomic E-state index is 5.67. The third-order valence-electron chi connectivity index (χ3n) is 3.45. The van der Waals surface area contributed by atoms with Crippen LogP contribution in [0.15, 0.2) is 10.7 Å². The maximum atomic E-state index is 5.67. The molecule has 0 bridgehead atoms. The van der Waals surface area contributed by atoms with Gasteiger partial charge in [0.2, 0.25) is 0 Å². The summed E-state index contributed by atoms with van der Waals surface area (Å²) in [6.45, 7) is 9.59. The summed E-state index contributed by atoms with van der Waals surface area (Å²) in [6, 6.07) is 1.48. The molecular weight excluding hydrogens is 238 g/mol. The molecule has 1 aliphatic rings. The van der Waals surface area contributed by atoms with Crippen LogP contribution >= 0.6 is 0 Å². The molecule has 2 rings (SSSR count). The summed E-state index contributed by atoms with van der Waals surface area (Å²) in [7, 11) is 0. The lowest BCUT2D eigenvalue weighted by molar-refractivity contribution is 0.503. The van der Waals surface area contributed by atoms with E-state index < -0.39 is 0 Å². The highest BCUT2D eigenvalue weighted by Gasteiger charge is 2.31. The Morgan fingerprint density at radius 2 is 2.26 bits per heavy atom. The maximum Gasteiger partial charge on any atom is 0.297 e. The lowest BCUT2D eigenvalue weighted by atomic mass is 10.1. The van der Waals surface area contributed by atoms with E-state index >= 15 is 0 Å². The van der Waals surface area contributed by atoms with Crippen LogP contribution in [0.5, 0.6) is 0 Å². The zero-order chi connectivity index (χ0) is 13.7. The highest BCUT2D eigenvalue weighted by atomic mass is 16.4. The summed E-state index contributed by atoms with van der Waals surface area (Å²) in [6.07, 6.45) is 6.70. The SMILES string of the molecule is CCCNCc1coc(N(CCC(C)C)C2CC2)n1. The van der Waals surface area contributed by atoms with Crippen molar-refractivity contribution in [3.8, 4) is 0 Å². The summed E-state index contributed by atoms with van der Waals surface area (Å²) in [5.74, 6) is 0.724. The molecule has 4 nitrogen and oxygen atoms in total. The molecule has 1 heterocycles. The first kappa shape index (κ1) is 14.4. The smallest absolute Gasteiger partial charge is 0.297 e. The number of hydrogen-bond donors (Lipinski definition) is 1. The number of oxazole rings is 1. The average molecular weight is 265 g/mol. The molecule has 0 aromatic carbocycles. The highest BCUT2D eigenvalue weighted by Crippen LogP contribution is 2.31. The Kier molecular flexibility index (Phi) is 5.25. The Labute approximate surface area is 116 Å². The van der Waals surface area contributed by atoms with Crippen molar-refractivity contribution >= 4 is 6.01 Å². The molecule has 0 spiro atoms. The van der Waals surface area contributed by atoms with Crippen LogP contribution < -0.4 is 10.2 Å². The van der Waals surface area contributed by atoms with Crippen molar-refractivity contribution in [2.75, 3.05) is 18.0 Å². The highest BCUT2D eigenvalue weighted by molar-refractivity contribution is 5.31. The van der Waals surface area contributed by atoms with Gasteiger partial charge in [0, 0.05) is 19.1 Å². The quantitative estimate of drug-likeness (QED) is 0.696. The summed E-state index contributed by atoms with van der Waals surface area (Å²) in [5, 5.41) is 3.36. The van der Waals surface area contributed by atoms with E-state index in [1.54, 1.807) is 6.26 Å². The fourth-order valence-electron chi connectivity index (χ4n) is 2.12. The van der Waals surface area contributed by atoms with Gasteiger partial charge in [-0.3, -0.25) is 0 Å². The lowest BCUT2D eigenvalue weighted by Gasteiger charge is -2.20. The van der Waals surface area contributed by atoms with Crippen LogP contribution in [-0.2, 0) is 6.54 Å². The molecule has 0 aliphatic heterocycles. The molecule has 0 saturated heterocycles. The Morgan fingerprint density at radius 3 is 2.89 bits per heavy atom.